The number of hydrogen-bond acceptors (Lipinski definition) is 4. The fraction of sp³-hybridized carbons (Fsp3) is 0.400. The first-order chi connectivity index (χ1) is 12.5. The molecule has 2 rings (SSSR count). The molecule has 0 unspecified atom stereocenters. The molecule has 4 nitrogen and oxygen atoms in total. The smallest absolute Gasteiger partial charge is 0.243 e. The molecule has 1 atom stereocenters. The van der Waals surface area contributed by atoms with Crippen LogP contribution >= 0.6 is 12.6 Å². The van der Waals surface area contributed by atoms with Gasteiger partial charge in [0.2, 0.25) is 10.0 Å². The van der Waals surface area contributed by atoms with Gasteiger partial charge in [0.25, 0.3) is 0 Å². The van der Waals surface area contributed by atoms with E-state index in [1.807, 2.05) is 37.3 Å². The van der Waals surface area contributed by atoms with Crippen molar-refractivity contribution in [2.24, 2.45) is 0 Å². The molecule has 0 saturated heterocycles. The zero-order valence-electron chi connectivity index (χ0n) is 15.3. The Morgan fingerprint density at radius 3 is 2.31 bits per heavy atom. The molecule has 0 N–H and O–H groups in total. The van der Waals surface area contributed by atoms with Gasteiger partial charge in [-0.2, -0.15) is 16.9 Å². The van der Waals surface area contributed by atoms with Crippen LogP contribution < -0.4 is 4.74 Å². The number of hydrogen-bond donors (Lipinski definition) is 1. The zero-order valence-corrected chi connectivity index (χ0v) is 17.0. The highest BCUT2D eigenvalue weighted by Gasteiger charge is 2.28. The van der Waals surface area contributed by atoms with Gasteiger partial charge in [0.05, 0.1) is 11.5 Å². The minimum absolute atomic E-state index is 0.218. The lowest BCUT2D eigenvalue weighted by Gasteiger charge is -2.27. The molecule has 0 aliphatic rings. The summed E-state index contributed by atoms with van der Waals surface area (Å²) in [6, 6.07) is 16.0. The Hall–Kier alpha value is -1.50. The van der Waals surface area contributed by atoms with Gasteiger partial charge in [0.15, 0.2) is 0 Å². The number of ether oxygens (including phenoxy) is 1. The van der Waals surface area contributed by atoms with Gasteiger partial charge in [-0.3, -0.25) is 0 Å². The quantitative estimate of drug-likeness (QED) is 0.481. The van der Waals surface area contributed by atoms with Crippen molar-refractivity contribution in [3.8, 4) is 5.75 Å². The van der Waals surface area contributed by atoms with Crippen molar-refractivity contribution < 1.29 is 13.2 Å². The summed E-state index contributed by atoms with van der Waals surface area (Å²) in [6.45, 7) is 4.93. The summed E-state index contributed by atoms with van der Waals surface area (Å²) in [7, 11) is -3.62. The Kier molecular flexibility index (Phi) is 8.00. The van der Waals surface area contributed by atoms with Crippen molar-refractivity contribution in [1.82, 2.24) is 4.31 Å². The molecule has 0 saturated carbocycles. The van der Waals surface area contributed by atoms with Gasteiger partial charge in [-0.05, 0) is 43.2 Å². The van der Waals surface area contributed by atoms with Gasteiger partial charge in [-0.1, -0.05) is 43.7 Å². The van der Waals surface area contributed by atoms with Crippen molar-refractivity contribution >= 4 is 22.7 Å². The van der Waals surface area contributed by atoms with Gasteiger partial charge in [0.1, 0.15) is 5.75 Å². The van der Waals surface area contributed by atoms with Crippen LogP contribution in [0.5, 0.6) is 5.75 Å². The van der Waals surface area contributed by atoms with E-state index < -0.39 is 10.0 Å². The van der Waals surface area contributed by atoms with Crippen molar-refractivity contribution in [3.63, 3.8) is 0 Å². The molecular formula is C20H27NO3S2. The van der Waals surface area contributed by atoms with Gasteiger partial charge >= 0.3 is 0 Å². The fourth-order valence-electron chi connectivity index (χ4n) is 2.51. The number of rotatable bonds is 10. The minimum atomic E-state index is -3.62. The van der Waals surface area contributed by atoms with Crippen LogP contribution in [0, 0.1) is 0 Å². The third-order valence-electron chi connectivity index (χ3n) is 4.13. The standard InChI is InChI=1S/C20H27NO3S2/c1-3-4-14-24-19-10-12-20(13-11-19)26(22,23)21(17(2)16-25)15-18-8-6-5-7-9-18/h5-13,17,25H,3-4,14-16H2,1-2H3/t17-/m1/s1. The molecule has 0 amide bonds. The van der Waals surface area contributed by atoms with Crippen LogP contribution in [0.4, 0.5) is 0 Å². The van der Waals surface area contributed by atoms with Crippen LogP contribution in [0.1, 0.15) is 32.3 Å². The zero-order chi connectivity index (χ0) is 19.0. The maximum absolute atomic E-state index is 13.2. The summed E-state index contributed by atoms with van der Waals surface area (Å²) in [6.07, 6.45) is 2.03. The Morgan fingerprint density at radius 2 is 1.73 bits per heavy atom. The lowest BCUT2D eigenvalue weighted by Crippen LogP contribution is -2.39. The van der Waals surface area contributed by atoms with Gasteiger partial charge in [0, 0.05) is 18.3 Å². The van der Waals surface area contributed by atoms with Crippen LogP contribution in [0.3, 0.4) is 0 Å². The Bertz CT molecular complexity index is 761. The molecule has 0 heterocycles. The highest BCUT2D eigenvalue weighted by molar-refractivity contribution is 7.89. The monoisotopic (exact) mass is 393 g/mol. The van der Waals surface area contributed by atoms with Crippen LogP contribution in [0.2, 0.25) is 0 Å². The Balaban J connectivity index is 2.22. The summed E-state index contributed by atoms with van der Waals surface area (Å²) in [5.41, 5.74) is 0.948. The van der Waals surface area contributed by atoms with E-state index in [-0.39, 0.29) is 10.9 Å². The number of unbranched alkanes of at least 4 members (excludes halogenated alkanes) is 1. The van der Waals surface area contributed by atoms with Crippen LogP contribution in [0.15, 0.2) is 59.5 Å². The van der Waals surface area contributed by atoms with Crippen molar-refractivity contribution in [1.29, 1.82) is 0 Å². The number of nitrogens with zero attached hydrogens (tertiary/aromatic N) is 1. The highest BCUT2D eigenvalue weighted by atomic mass is 32.2. The largest absolute Gasteiger partial charge is 0.494 e. The average Bonchev–Trinajstić information content (AvgIpc) is 2.67. The summed E-state index contributed by atoms with van der Waals surface area (Å²) < 4.78 is 33.4. The number of benzene rings is 2. The molecule has 6 heteroatoms. The Morgan fingerprint density at radius 1 is 1.08 bits per heavy atom. The van der Waals surface area contributed by atoms with E-state index >= 15 is 0 Å². The van der Waals surface area contributed by atoms with E-state index in [0.29, 0.717) is 24.7 Å². The molecular weight excluding hydrogens is 366 g/mol. The average molecular weight is 394 g/mol. The van der Waals surface area contributed by atoms with Gasteiger partial charge in [-0.15, -0.1) is 0 Å². The first-order valence-electron chi connectivity index (χ1n) is 8.88. The Labute approximate surface area is 162 Å². The third kappa shape index (κ3) is 5.50. The van der Waals surface area contributed by atoms with Crippen molar-refractivity contribution in [3.05, 3.63) is 60.2 Å². The second-order valence-electron chi connectivity index (χ2n) is 6.24. The van der Waals surface area contributed by atoms with E-state index in [1.165, 1.54) is 4.31 Å². The normalized spacial score (nSPS) is 12.9. The second kappa shape index (κ2) is 10.00. The highest BCUT2D eigenvalue weighted by Crippen LogP contribution is 2.24. The molecule has 0 bridgehead atoms. The topological polar surface area (TPSA) is 46.6 Å². The first-order valence-corrected chi connectivity index (χ1v) is 11.0. The molecule has 0 aromatic heterocycles. The van der Waals surface area contributed by atoms with E-state index in [1.54, 1.807) is 24.3 Å². The maximum Gasteiger partial charge on any atom is 0.243 e. The van der Waals surface area contributed by atoms with E-state index in [2.05, 4.69) is 19.6 Å². The SMILES string of the molecule is CCCCOc1ccc(S(=O)(=O)N(Cc2ccccc2)[C@H](C)CS)cc1. The van der Waals surface area contributed by atoms with Crippen molar-refractivity contribution in [2.45, 2.75) is 44.2 Å². The molecule has 0 aliphatic heterocycles. The molecule has 0 aliphatic carbocycles. The number of thiol groups is 1. The van der Waals surface area contributed by atoms with Crippen molar-refractivity contribution in [2.75, 3.05) is 12.4 Å². The summed E-state index contributed by atoms with van der Waals surface area (Å²) in [5.74, 6) is 1.14. The number of sulfonamides is 1. The summed E-state index contributed by atoms with van der Waals surface area (Å²) in [4.78, 5) is 0.268. The van der Waals surface area contributed by atoms with Gasteiger partial charge < -0.3 is 4.74 Å². The molecule has 0 radical (unpaired) electrons. The summed E-state index contributed by atoms with van der Waals surface area (Å²) in [5, 5.41) is 0. The lowest BCUT2D eigenvalue weighted by molar-refractivity contribution is 0.309. The van der Waals surface area contributed by atoms with E-state index in [0.717, 1.165) is 18.4 Å². The van der Waals surface area contributed by atoms with E-state index in [4.69, 9.17) is 4.74 Å². The first kappa shape index (κ1) is 20.8. The van der Waals surface area contributed by atoms with Crippen LogP contribution in [-0.2, 0) is 16.6 Å². The predicted octanol–water partition coefficient (Wildman–Crippen LogP) is 4.37. The molecule has 26 heavy (non-hydrogen) atoms. The molecule has 2 aromatic rings. The molecule has 0 spiro atoms. The molecule has 142 valence electrons. The summed E-state index contributed by atoms with van der Waals surface area (Å²) >= 11 is 4.30. The molecule has 0 fully saturated rings. The molecule has 2 aromatic carbocycles. The minimum Gasteiger partial charge on any atom is -0.494 e. The maximum atomic E-state index is 13.2. The lowest BCUT2D eigenvalue weighted by atomic mass is 10.2. The van der Waals surface area contributed by atoms with Crippen LogP contribution in [0.25, 0.3) is 0 Å². The third-order valence-corrected chi connectivity index (χ3v) is 6.64. The van der Waals surface area contributed by atoms with E-state index in [9.17, 15) is 8.42 Å². The van der Waals surface area contributed by atoms with Crippen LogP contribution in [-0.4, -0.2) is 31.1 Å². The van der Waals surface area contributed by atoms with Gasteiger partial charge in [-0.25, -0.2) is 8.42 Å². The predicted molar refractivity (Wildman–Crippen MR) is 109 cm³/mol. The fourth-order valence-corrected chi connectivity index (χ4v) is 4.44. The second-order valence-corrected chi connectivity index (χ2v) is 8.50.